The maximum atomic E-state index is 9.57. The number of aliphatic hydroxyl groups is 1. The van der Waals surface area contributed by atoms with Crippen LogP contribution in [0.5, 0.6) is 0 Å². The SMILES string of the molecule is CCC(O)CN(CCCOC)CCOC. The van der Waals surface area contributed by atoms with Gasteiger partial charge in [-0.15, -0.1) is 0 Å². The van der Waals surface area contributed by atoms with Crippen molar-refractivity contribution in [2.75, 3.05) is 47.1 Å². The smallest absolute Gasteiger partial charge is 0.0664 e. The minimum Gasteiger partial charge on any atom is -0.392 e. The second kappa shape index (κ2) is 10.4. The van der Waals surface area contributed by atoms with Crippen LogP contribution in [-0.4, -0.2) is 63.2 Å². The van der Waals surface area contributed by atoms with Crippen molar-refractivity contribution < 1.29 is 14.6 Å². The Morgan fingerprint density at radius 1 is 1.13 bits per heavy atom. The molecular weight excluding hydrogens is 194 g/mol. The highest BCUT2D eigenvalue weighted by Gasteiger charge is 2.09. The van der Waals surface area contributed by atoms with E-state index in [1.54, 1.807) is 14.2 Å². The van der Waals surface area contributed by atoms with Gasteiger partial charge >= 0.3 is 0 Å². The Morgan fingerprint density at radius 2 is 1.80 bits per heavy atom. The molecular formula is C11H25NO3. The Bertz CT molecular complexity index is 133. The number of ether oxygens (including phenoxy) is 2. The number of methoxy groups -OCH3 is 2. The summed E-state index contributed by atoms with van der Waals surface area (Å²) in [6.45, 7) is 6.03. The minimum absolute atomic E-state index is 0.232. The molecule has 4 heteroatoms. The van der Waals surface area contributed by atoms with Crippen LogP contribution in [0.2, 0.25) is 0 Å². The highest BCUT2D eigenvalue weighted by Crippen LogP contribution is 1.98. The molecule has 0 bridgehead atoms. The van der Waals surface area contributed by atoms with E-state index in [0.29, 0.717) is 6.61 Å². The first-order valence-electron chi connectivity index (χ1n) is 5.62. The van der Waals surface area contributed by atoms with E-state index in [-0.39, 0.29) is 6.10 Å². The van der Waals surface area contributed by atoms with E-state index in [1.165, 1.54) is 0 Å². The number of hydrogen-bond donors (Lipinski definition) is 1. The molecule has 4 nitrogen and oxygen atoms in total. The van der Waals surface area contributed by atoms with E-state index in [0.717, 1.165) is 39.1 Å². The first-order valence-corrected chi connectivity index (χ1v) is 5.62. The van der Waals surface area contributed by atoms with Crippen molar-refractivity contribution in [2.45, 2.75) is 25.9 Å². The molecule has 0 aromatic carbocycles. The Hall–Kier alpha value is -0.160. The highest BCUT2D eigenvalue weighted by atomic mass is 16.5. The van der Waals surface area contributed by atoms with Gasteiger partial charge in [0.05, 0.1) is 12.7 Å². The minimum atomic E-state index is -0.232. The molecule has 0 aromatic rings. The Kier molecular flexibility index (Phi) is 10.3. The normalized spacial score (nSPS) is 13.4. The van der Waals surface area contributed by atoms with Crippen LogP contribution in [0.3, 0.4) is 0 Å². The quantitative estimate of drug-likeness (QED) is 0.550. The molecule has 0 spiro atoms. The van der Waals surface area contributed by atoms with Crippen LogP contribution >= 0.6 is 0 Å². The Balaban J connectivity index is 3.72. The van der Waals surface area contributed by atoms with Crippen LogP contribution in [0.25, 0.3) is 0 Å². The van der Waals surface area contributed by atoms with Crippen LogP contribution < -0.4 is 0 Å². The predicted octanol–water partition coefficient (Wildman–Crippen LogP) is 0.742. The Morgan fingerprint density at radius 3 is 2.33 bits per heavy atom. The zero-order valence-corrected chi connectivity index (χ0v) is 10.2. The summed E-state index contributed by atoms with van der Waals surface area (Å²) >= 11 is 0. The Labute approximate surface area is 93.2 Å². The first-order chi connectivity index (χ1) is 7.24. The summed E-state index contributed by atoms with van der Waals surface area (Å²) < 4.78 is 10.0. The van der Waals surface area contributed by atoms with Gasteiger partial charge in [0, 0.05) is 40.5 Å². The zero-order valence-electron chi connectivity index (χ0n) is 10.2. The largest absolute Gasteiger partial charge is 0.392 e. The molecule has 0 aromatic heterocycles. The molecule has 0 fully saturated rings. The van der Waals surface area contributed by atoms with Gasteiger partial charge in [0.1, 0.15) is 0 Å². The third-order valence-corrected chi connectivity index (χ3v) is 2.37. The van der Waals surface area contributed by atoms with E-state index in [9.17, 15) is 5.11 Å². The summed E-state index contributed by atoms with van der Waals surface area (Å²) in [5, 5.41) is 9.57. The van der Waals surface area contributed by atoms with Crippen molar-refractivity contribution in [2.24, 2.45) is 0 Å². The predicted molar refractivity (Wildman–Crippen MR) is 61.1 cm³/mol. The molecule has 0 radical (unpaired) electrons. The molecule has 0 aliphatic rings. The van der Waals surface area contributed by atoms with E-state index in [2.05, 4.69) is 4.90 Å². The molecule has 15 heavy (non-hydrogen) atoms. The zero-order chi connectivity index (χ0) is 11.5. The van der Waals surface area contributed by atoms with Crippen molar-refractivity contribution in [3.63, 3.8) is 0 Å². The average Bonchev–Trinajstić information content (AvgIpc) is 2.25. The fraction of sp³-hybridized carbons (Fsp3) is 1.00. The third kappa shape index (κ3) is 8.81. The lowest BCUT2D eigenvalue weighted by molar-refractivity contribution is 0.0801. The molecule has 0 saturated carbocycles. The van der Waals surface area contributed by atoms with Crippen LogP contribution in [0.4, 0.5) is 0 Å². The van der Waals surface area contributed by atoms with Crippen molar-refractivity contribution in [1.82, 2.24) is 4.90 Å². The summed E-state index contributed by atoms with van der Waals surface area (Å²) in [4.78, 5) is 2.22. The molecule has 0 heterocycles. The van der Waals surface area contributed by atoms with Gasteiger partial charge in [0.15, 0.2) is 0 Å². The molecule has 0 rings (SSSR count). The second-order valence-corrected chi connectivity index (χ2v) is 3.70. The lowest BCUT2D eigenvalue weighted by Crippen LogP contribution is -2.35. The van der Waals surface area contributed by atoms with Crippen molar-refractivity contribution in [3.8, 4) is 0 Å². The van der Waals surface area contributed by atoms with E-state index in [4.69, 9.17) is 9.47 Å². The number of rotatable bonds is 10. The second-order valence-electron chi connectivity index (χ2n) is 3.70. The van der Waals surface area contributed by atoms with Gasteiger partial charge in [0.2, 0.25) is 0 Å². The maximum absolute atomic E-state index is 9.57. The fourth-order valence-corrected chi connectivity index (χ4v) is 1.37. The number of hydrogen-bond acceptors (Lipinski definition) is 4. The van der Waals surface area contributed by atoms with E-state index < -0.39 is 0 Å². The first kappa shape index (κ1) is 14.8. The van der Waals surface area contributed by atoms with Gasteiger partial charge < -0.3 is 14.6 Å². The summed E-state index contributed by atoms with van der Waals surface area (Å²) in [6, 6.07) is 0. The average molecular weight is 219 g/mol. The topological polar surface area (TPSA) is 41.9 Å². The van der Waals surface area contributed by atoms with Crippen molar-refractivity contribution in [1.29, 1.82) is 0 Å². The van der Waals surface area contributed by atoms with Gasteiger partial charge in [-0.2, -0.15) is 0 Å². The molecule has 0 aliphatic heterocycles. The number of aliphatic hydroxyl groups excluding tert-OH is 1. The van der Waals surface area contributed by atoms with Crippen LogP contribution in [0.1, 0.15) is 19.8 Å². The lowest BCUT2D eigenvalue weighted by Gasteiger charge is -2.24. The molecule has 1 atom stereocenters. The standard InChI is InChI=1S/C11H25NO3/c1-4-11(13)10-12(7-9-15-3)6-5-8-14-2/h11,13H,4-10H2,1-3H3. The fourth-order valence-electron chi connectivity index (χ4n) is 1.37. The molecule has 0 aliphatic carbocycles. The molecule has 0 amide bonds. The van der Waals surface area contributed by atoms with Crippen LogP contribution in [0, 0.1) is 0 Å². The van der Waals surface area contributed by atoms with E-state index in [1.807, 2.05) is 6.92 Å². The summed E-state index contributed by atoms with van der Waals surface area (Å²) in [5.41, 5.74) is 0. The molecule has 1 N–H and O–H groups in total. The van der Waals surface area contributed by atoms with Crippen molar-refractivity contribution in [3.05, 3.63) is 0 Å². The number of nitrogens with zero attached hydrogens (tertiary/aromatic N) is 1. The molecule has 0 saturated heterocycles. The third-order valence-electron chi connectivity index (χ3n) is 2.37. The van der Waals surface area contributed by atoms with Gasteiger partial charge in [-0.3, -0.25) is 4.90 Å². The van der Waals surface area contributed by atoms with Gasteiger partial charge in [0.25, 0.3) is 0 Å². The van der Waals surface area contributed by atoms with E-state index >= 15 is 0 Å². The highest BCUT2D eigenvalue weighted by molar-refractivity contribution is 4.63. The van der Waals surface area contributed by atoms with Crippen molar-refractivity contribution >= 4 is 0 Å². The van der Waals surface area contributed by atoms with Crippen LogP contribution in [-0.2, 0) is 9.47 Å². The summed E-state index contributed by atoms with van der Waals surface area (Å²) in [6.07, 6.45) is 1.56. The van der Waals surface area contributed by atoms with Crippen LogP contribution in [0.15, 0.2) is 0 Å². The summed E-state index contributed by atoms with van der Waals surface area (Å²) in [7, 11) is 3.41. The lowest BCUT2D eigenvalue weighted by atomic mass is 10.2. The van der Waals surface area contributed by atoms with Gasteiger partial charge in [-0.1, -0.05) is 6.92 Å². The molecule has 1 unspecified atom stereocenters. The molecule has 92 valence electrons. The monoisotopic (exact) mass is 219 g/mol. The van der Waals surface area contributed by atoms with Gasteiger partial charge in [-0.05, 0) is 12.8 Å². The maximum Gasteiger partial charge on any atom is 0.0664 e. The van der Waals surface area contributed by atoms with Gasteiger partial charge in [-0.25, -0.2) is 0 Å². The summed E-state index contributed by atoms with van der Waals surface area (Å²) in [5.74, 6) is 0.